The third kappa shape index (κ3) is 7.02. The zero-order valence-corrected chi connectivity index (χ0v) is 19.1. The molecule has 0 saturated carbocycles. The van der Waals surface area contributed by atoms with Crippen molar-refractivity contribution < 1.29 is 31.1 Å². The summed E-state index contributed by atoms with van der Waals surface area (Å²) in [4.78, 5) is 12.9. The molecule has 0 spiro atoms. The van der Waals surface area contributed by atoms with Crippen molar-refractivity contribution in [2.24, 2.45) is 0 Å². The number of aryl methyl sites for hydroxylation is 1. The topological polar surface area (TPSA) is 75.7 Å². The van der Waals surface area contributed by atoms with Crippen LogP contribution in [0.3, 0.4) is 0 Å². The number of amides is 1. The number of carbonyl (C=O) groups is 1. The van der Waals surface area contributed by atoms with Crippen molar-refractivity contribution in [3.8, 4) is 0 Å². The molecule has 1 N–H and O–H groups in total. The van der Waals surface area contributed by atoms with Gasteiger partial charge < -0.3 is 10.1 Å². The van der Waals surface area contributed by atoms with Gasteiger partial charge in [0.1, 0.15) is 6.61 Å². The summed E-state index contributed by atoms with van der Waals surface area (Å²) in [5, 5.41) is 2.77. The number of benzene rings is 2. The van der Waals surface area contributed by atoms with Gasteiger partial charge in [0.05, 0.1) is 11.5 Å². The van der Waals surface area contributed by atoms with Gasteiger partial charge in [-0.15, -0.1) is 0 Å². The fourth-order valence-electron chi connectivity index (χ4n) is 3.58. The number of alkyl halides is 3. The van der Waals surface area contributed by atoms with Crippen molar-refractivity contribution in [3.63, 3.8) is 0 Å². The van der Waals surface area contributed by atoms with E-state index in [1.54, 1.807) is 37.3 Å². The monoisotopic (exact) mass is 484 g/mol. The molecule has 2 aromatic rings. The Morgan fingerprint density at radius 3 is 2.30 bits per heavy atom. The van der Waals surface area contributed by atoms with E-state index in [9.17, 15) is 26.4 Å². The first-order valence-electron chi connectivity index (χ1n) is 10.7. The van der Waals surface area contributed by atoms with Crippen LogP contribution in [0, 0.1) is 6.92 Å². The predicted octanol–water partition coefficient (Wildman–Crippen LogP) is 4.18. The van der Waals surface area contributed by atoms with Crippen LogP contribution in [0.4, 0.5) is 13.2 Å². The summed E-state index contributed by atoms with van der Waals surface area (Å²) in [5.41, 5.74) is 2.27. The van der Waals surface area contributed by atoms with Gasteiger partial charge in [-0.1, -0.05) is 36.8 Å². The zero-order chi connectivity index (χ0) is 24.1. The lowest BCUT2D eigenvalue weighted by atomic mass is 10.1. The maximum absolute atomic E-state index is 12.9. The lowest BCUT2D eigenvalue weighted by Crippen LogP contribution is -2.35. The first kappa shape index (κ1) is 25.2. The highest BCUT2D eigenvalue weighted by atomic mass is 32.2. The summed E-state index contributed by atoms with van der Waals surface area (Å²) < 4.78 is 68.4. The number of carbonyl (C=O) groups excluding carboxylic acids is 1. The molecule has 0 radical (unpaired) electrons. The number of nitrogens with one attached hydrogen (secondary N) is 1. The molecule has 180 valence electrons. The second-order valence-corrected chi connectivity index (χ2v) is 9.99. The van der Waals surface area contributed by atoms with E-state index >= 15 is 0 Å². The van der Waals surface area contributed by atoms with Gasteiger partial charge in [0, 0.05) is 25.2 Å². The molecule has 33 heavy (non-hydrogen) atoms. The molecule has 0 unspecified atom stereocenters. The molecule has 1 heterocycles. The Balaban J connectivity index is 1.62. The normalized spacial score (nSPS) is 15.4. The van der Waals surface area contributed by atoms with E-state index in [1.165, 1.54) is 16.4 Å². The average molecular weight is 485 g/mol. The highest BCUT2D eigenvalue weighted by molar-refractivity contribution is 7.89. The fraction of sp³-hybridized carbons (Fsp3) is 0.435. The Labute approximate surface area is 191 Å². The van der Waals surface area contributed by atoms with E-state index in [4.69, 9.17) is 0 Å². The molecule has 1 aliphatic heterocycles. The average Bonchev–Trinajstić information content (AvgIpc) is 2.78. The van der Waals surface area contributed by atoms with Crippen molar-refractivity contribution >= 4 is 15.9 Å². The van der Waals surface area contributed by atoms with Crippen molar-refractivity contribution in [2.45, 2.75) is 50.4 Å². The standard InChI is InChI=1S/C23H27F3N2O4S/c1-17-5-10-20(33(30,31)28-11-3-2-4-12-28)13-21(17)22(29)27-14-18-6-8-19(9-7-18)15-32-16-23(24,25)26/h5-10,13H,2-4,11-12,14-16H2,1H3,(H,27,29). The molecule has 0 aliphatic carbocycles. The summed E-state index contributed by atoms with van der Waals surface area (Å²) in [5.74, 6) is -0.402. The van der Waals surface area contributed by atoms with Gasteiger partial charge in [0.15, 0.2) is 0 Å². The van der Waals surface area contributed by atoms with Crippen LogP contribution >= 0.6 is 0 Å². The first-order chi connectivity index (χ1) is 15.6. The summed E-state index contributed by atoms with van der Waals surface area (Å²) in [6, 6.07) is 11.2. The number of piperidine rings is 1. The summed E-state index contributed by atoms with van der Waals surface area (Å²) in [6.45, 7) is 1.41. The predicted molar refractivity (Wildman–Crippen MR) is 117 cm³/mol. The Morgan fingerprint density at radius 2 is 1.67 bits per heavy atom. The van der Waals surface area contributed by atoms with Crippen LogP contribution in [0.1, 0.15) is 46.3 Å². The van der Waals surface area contributed by atoms with Gasteiger partial charge in [0.25, 0.3) is 5.91 Å². The highest BCUT2D eigenvalue weighted by Gasteiger charge is 2.28. The Morgan fingerprint density at radius 1 is 1.03 bits per heavy atom. The lowest BCUT2D eigenvalue weighted by molar-refractivity contribution is -0.176. The molecule has 1 saturated heterocycles. The number of halogens is 3. The minimum absolute atomic E-state index is 0.100. The quantitative estimate of drug-likeness (QED) is 0.610. The second kappa shape index (κ2) is 10.7. The maximum atomic E-state index is 12.9. The summed E-state index contributed by atoms with van der Waals surface area (Å²) in [6.07, 6.45) is -1.71. The number of ether oxygens (including phenoxy) is 1. The largest absolute Gasteiger partial charge is 0.411 e. The summed E-state index contributed by atoms with van der Waals surface area (Å²) in [7, 11) is -3.65. The van der Waals surface area contributed by atoms with Gasteiger partial charge >= 0.3 is 6.18 Å². The molecule has 3 rings (SSSR count). The smallest absolute Gasteiger partial charge is 0.367 e. The van der Waals surface area contributed by atoms with Crippen molar-refractivity contribution in [1.29, 1.82) is 0 Å². The number of hydrogen-bond donors (Lipinski definition) is 1. The molecule has 1 aliphatic rings. The number of rotatable bonds is 8. The minimum atomic E-state index is -4.37. The van der Waals surface area contributed by atoms with Gasteiger partial charge in [-0.05, 0) is 48.6 Å². The number of sulfonamides is 1. The molecule has 10 heteroatoms. The van der Waals surface area contributed by atoms with Crippen LogP contribution in [0.25, 0.3) is 0 Å². The second-order valence-electron chi connectivity index (χ2n) is 8.05. The molecule has 0 atom stereocenters. The van der Waals surface area contributed by atoms with Gasteiger partial charge in [-0.3, -0.25) is 4.79 Å². The van der Waals surface area contributed by atoms with E-state index in [-0.39, 0.29) is 23.6 Å². The van der Waals surface area contributed by atoms with Crippen LogP contribution in [-0.2, 0) is 27.9 Å². The fourth-order valence-corrected chi connectivity index (χ4v) is 5.12. The molecular formula is C23H27F3N2O4S. The zero-order valence-electron chi connectivity index (χ0n) is 18.3. The number of hydrogen-bond acceptors (Lipinski definition) is 4. The highest BCUT2D eigenvalue weighted by Crippen LogP contribution is 2.23. The molecule has 0 bridgehead atoms. The van der Waals surface area contributed by atoms with Gasteiger partial charge in [-0.2, -0.15) is 17.5 Å². The Hall–Kier alpha value is -2.43. The van der Waals surface area contributed by atoms with E-state index in [0.29, 0.717) is 24.2 Å². The number of nitrogens with zero attached hydrogens (tertiary/aromatic N) is 1. The molecule has 1 amide bonds. The molecule has 1 fully saturated rings. The van der Waals surface area contributed by atoms with E-state index in [0.717, 1.165) is 24.8 Å². The van der Waals surface area contributed by atoms with Gasteiger partial charge in [0.2, 0.25) is 10.0 Å². The Bertz CT molecular complexity index is 1060. The van der Waals surface area contributed by atoms with Crippen LogP contribution in [0.2, 0.25) is 0 Å². The summed E-state index contributed by atoms with van der Waals surface area (Å²) >= 11 is 0. The van der Waals surface area contributed by atoms with Crippen LogP contribution in [0.15, 0.2) is 47.4 Å². The Kier molecular flexibility index (Phi) is 8.14. The maximum Gasteiger partial charge on any atom is 0.411 e. The van der Waals surface area contributed by atoms with Crippen LogP contribution < -0.4 is 5.32 Å². The van der Waals surface area contributed by atoms with E-state index in [2.05, 4.69) is 10.1 Å². The third-order valence-corrected chi connectivity index (χ3v) is 7.31. The van der Waals surface area contributed by atoms with Crippen LogP contribution in [-0.4, -0.2) is 44.5 Å². The minimum Gasteiger partial charge on any atom is -0.367 e. The van der Waals surface area contributed by atoms with E-state index < -0.39 is 28.7 Å². The molecule has 6 nitrogen and oxygen atoms in total. The van der Waals surface area contributed by atoms with Crippen molar-refractivity contribution in [1.82, 2.24) is 9.62 Å². The third-order valence-electron chi connectivity index (χ3n) is 5.42. The van der Waals surface area contributed by atoms with Crippen molar-refractivity contribution in [2.75, 3.05) is 19.7 Å². The van der Waals surface area contributed by atoms with Crippen LogP contribution in [0.5, 0.6) is 0 Å². The molecule has 0 aromatic heterocycles. The molecular weight excluding hydrogens is 457 g/mol. The SMILES string of the molecule is Cc1ccc(S(=O)(=O)N2CCCCC2)cc1C(=O)NCc1ccc(COCC(F)(F)F)cc1. The molecule has 2 aromatic carbocycles. The lowest BCUT2D eigenvalue weighted by Gasteiger charge is -2.26. The van der Waals surface area contributed by atoms with E-state index in [1.807, 2.05) is 0 Å². The van der Waals surface area contributed by atoms with Crippen molar-refractivity contribution in [3.05, 3.63) is 64.7 Å². The van der Waals surface area contributed by atoms with Gasteiger partial charge in [-0.25, -0.2) is 8.42 Å². The first-order valence-corrected chi connectivity index (χ1v) is 12.1.